The van der Waals surface area contributed by atoms with E-state index >= 15 is 0 Å². The highest BCUT2D eigenvalue weighted by atomic mass is 32.2. The van der Waals surface area contributed by atoms with Crippen LogP contribution >= 0.6 is 11.3 Å². The van der Waals surface area contributed by atoms with Crippen molar-refractivity contribution >= 4 is 48.2 Å². The number of rotatable bonds is 2. The summed E-state index contributed by atoms with van der Waals surface area (Å²) in [6.07, 6.45) is 0. The first kappa shape index (κ1) is 18.7. The number of carbonyl (C=O) groups excluding carboxylic acids is 2. The second-order valence-corrected chi connectivity index (χ2v) is 9.90. The Morgan fingerprint density at radius 3 is 2.57 bits per heavy atom. The van der Waals surface area contributed by atoms with Crippen molar-refractivity contribution in [2.24, 2.45) is 0 Å². The molecule has 0 unspecified atom stereocenters. The second kappa shape index (κ2) is 6.58. The monoisotopic (exact) mass is 434 g/mol. The van der Waals surface area contributed by atoms with Crippen LogP contribution < -0.4 is 5.32 Å². The van der Waals surface area contributed by atoms with E-state index in [1.54, 1.807) is 12.1 Å². The average Bonchev–Trinajstić information content (AvgIpc) is 3.13. The first-order chi connectivity index (χ1) is 14.3. The number of carbonyl (C=O) groups is 2. The topological polar surface area (TPSA) is 93.2 Å². The van der Waals surface area contributed by atoms with Crippen LogP contribution in [0.15, 0.2) is 70.5 Å². The number of nitrogens with zero attached hydrogens (tertiary/aromatic N) is 1. The normalized spacial score (nSPS) is 14.2. The number of anilines is 1. The van der Waals surface area contributed by atoms with Crippen LogP contribution in [0.4, 0.5) is 5.13 Å². The number of benzene rings is 3. The van der Waals surface area contributed by atoms with Gasteiger partial charge in [-0.1, -0.05) is 29.5 Å². The number of thiazole rings is 1. The fourth-order valence-electron chi connectivity index (χ4n) is 3.48. The van der Waals surface area contributed by atoms with Gasteiger partial charge in [0.1, 0.15) is 0 Å². The molecule has 0 saturated heterocycles. The van der Waals surface area contributed by atoms with Crippen LogP contribution in [0.25, 0.3) is 10.2 Å². The van der Waals surface area contributed by atoms with Gasteiger partial charge >= 0.3 is 0 Å². The highest BCUT2D eigenvalue weighted by Gasteiger charge is 2.35. The van der Waals surface area contributed by atoms with Crippen LogP contribution in [0.5, 0.6) is 0 Å². The van der Waals surface area contributed by atoms with Gasteiger partial charge < -0.3 is 0 Å². The minimum Gasteiger partial charge on any atom is -0.298 e. The molecule has 0 bridgehead atoms. The fraction of sp³-hybridized carbons (Fsp3) is 0.0455. The van der Waals surface area contributed by atoms with Gasteiger partial charge in [-0.15, -0.1) is 0 Å². The Morgan fingerprint density at radius 1 is 0.967 bits per heavy atom. The molecule has 3 aromatic carbocycles. The van der Waals surface area contributed by atoms with Crippen LogP contribution in [0.3, 0.4) is 0 Å². The van der Waals surface area contributed by atoms with Gasteiger partial charge in [-0.05, 0) is 55.0 Å². The Balaban J connectivity index is 1.53. The molecule has 0 spiro atoms. The minimum atomic E-state index is -3.90. The lowest BCUT2D eigenvalue weighted by Gasteiger charge is -2.19. The molecule has 0 radical (unpaired) electrons. The average molecular weight is 434 g/mol. The van der Waals surface area contributed by atoms with Gasteiger partial charge in [0.25, 0.3) is 5.91 Å². The second-order valence-electron chi connectivity index (χ2n) is 6.98. The molecule has 0 atom stereocenters. The van der Waals surface area contributed by atoms with Crippen molar-refractivity contribution in [1.82, 2.24) is 4.98 Å². The van der Waals surface area contributed by atoms with Crippen molar-refractivity contribution in [1.29, 1.82) is 0 Å². The summed E-state index contributed by atoms with van der Waals surface area (Å²) < 4.78 is 27.0. The third-order valence-electron chi connectivity index (χ3n) is 4.96. The molecule has 5 rings (SSSR count). The fourth-order valence-corrected chi connectivity index (χ4v) is 6.12. The standard InChI is InChI=1S/C22H14N2O4S2/c1-12-6-9-16-17(10-12)29-22(23-16)24-21(26)13-7-8-15-19(11-13)30(27,28)18-5-3-2-4-14(18)20(15)25/h2-11H,1H3,(H,23,24,26). The van der Waals surface area contributed by atoms with E-state index in [2.05, 4.69) is 10.3 Å². The van der Waals surface area contributed by atoms with Crippen molar-refractivity contribution in [2.45, 2.75) is 16.7 Å². The summed E-state index contributed by atoms with van der Waals surface area (Å²) in [5.74, 6) is -0.862. The maximum atomic E-state index is 13.0. The largest absolute Gasteiger partial charge is 0.298 e. The first-order valence-electron chi connectivity index (χ1n) is 9.06. The number of fused-ring (bicyclic) bond motifs is 3. The molecule has 148 valence electrons. The van der Waals surface area contributed by atoms with E-state index in [9.17, 15) is 18.0 Å². The molecule has 0 aliphatic carbocycles. The molecule has 1 N–H and O–H groups in total. The molecule has 1 aromatic heterocycles. The van der Waals surface area contributed by atoms with Crippen molar-refractivity contribution in [3.63, 3.8) is 0 Å². The molecular formula is C22H14N2O4S2. The zero-order valence-corrected chi connectivity index (χ0v) is 17.3. The van der Waals surface area contributed by atoms with Gasteiger partial charge in [-0.2, -0.15) is 0 Å². The van der Waals surface area contributed by atoms with Crippen molar-refractivity contribution in [3.05, 3.63) is 82.9 Å². The Labute approximate surface area is 176 Å². The Morgan fingerprint density at radius 2 is 1.73 bits per heavy atom. The zero-order valence-electron chi connectivity index (χ0n) is 15.7. The third kappa shape index (κ3) is 2.84. The van der Waals surface area contributed by atoms with E-state index < -0.39 is 15.7 Å². The quantitative estimate of drug-likeness (QED) is 0.449. The third-order valence-corrected chi connectivity index (χ3v) is 7.75. The van der Waals surface area contributed by atoms with E-state index in [0.29, 0.717) is 5.13 Å². The molecule has 4 aromatic rings. The van der Waals surface area contributed by atoms with E-state index in [-0.39, 0.29) is 32.3 Å². The minimum absolute atomic E-state index is 0.0402. The van der Waals surface area contributed by atoms with Crippen molar-refractivity contribution in [2.75, 3.05) is 5.32 Å². The number of nitrogens with one attached hydrogen (secondary N) is 1. The van der Waals surface area contributed by atoms with E-state index in [1.165, 1.54) is 41.7 Å². The summed E-state index contributed by atoms with van der Waals surface area (Å²) in [6, 6.07) is 16.0. The van der Waals surface area contributed by atoms with Crippen LogP contribution in [0.1, 0.15) is 31.8 Å². The number of hydrogen-bond donors (Lipinski definition) is 1. The molecule has 1 aliphatic heterocycles. The highest BCUT2D eigenvalue weighted by Crippen LogP contribution is 2.35. The summed E-state index contributed by atoms with van der Waals surface area (Å²) in [5, 5.41) is 3.14. The molecule has 8 heteroatoms. The predicted molar refractivity (Wildman–Crippen MR) is 114 cm³/mol. The van der Waals surface area contributed by atoms with Crippen LogP contribution in [0.2, 0.25) is 0 Å². The number of hydrogen-bond acceptors (Lipinski definition) is 6. The van der Waals surface area contributed by atoms with Crippen molar-refractivity contribution in [3.8, 4) is 0 Å². The summed E-state index contributed by atoms with van der Waals surface area (Å²) in [7, 11) is -3.90. The van der Waals surface area contributed by atoms with Gasteiger partial charge in [-0.25, -0.2) is 13.4 Å². The molecular weight excluding hydrogens is 420 g/mol. The van der Waals surface area contributed by atoms with Gasteiger partial charge in [0.2, 0.25) is 9.84 Å². The van der Waals surface area contributed by atoms with Gasteiger partial charge in [-0.3, -0.25) is 14.9 Å². The van der Waals surface area contributed by atoms with E-state index in [1.807, 2.05) is 25.1 Å². The molecule has 0 saturated carbocycles. The smallest absolute Gasteiger partial charge is 0.257 e. The van der Waals surface area contributed by atoms with Crippen molar-refractivity contribution < 1.29 is 18.0 Å². The number of amides is 1. The molecule has 6 nitrogen and oxygen atoms in total. The highest BCUT2D eigenvalue weighted by molar-refractivity contribution is 7.91. The first-order valence-corrected chi connectivity index (χ1v) is 11.4. The lowest BCUT2D eigenvalue weighted by Crippen LogP contribution is -2.21. The van der Waals surface area contributed by atoms with Crippen LogP contribution in [-0.2, 0) is 9.84 Å². The zero-order chi connectivity index (χ0) is 21.0. The van der Waals surface area contributed by atoms with Gasteiger partial charge in [0.05, 0.1) is 20.0 Å². The SMILES string of the molecule is Cc1ccc2nc(NC(=O)c3ccc4c(c3)S(=O)(=O)c3ccccc3C4=O)sc2c1. The van der Waals surface area contributed by atoms with Gasteiger partial charge in [0, 0.05) is 16.7 Å². The summed E-state index contributed by atoms with van der Waals surface area (Å²) in [5.41, 5.74) is 2.22. The Hall–Kier alpha value is -3.36. The molecule has 0 fully saturated rings. The van der Waals surface area contributed by atoms with E-state index in [4.69, 9.17) is 0 Å². The summed E-state index contributed by atoms with van der Waals surface area (Å²) in [4.78, 5) is 29.7. The van der Waals surface area contributed by atoms with Crippen LogP contribution in [0, 0.1) is 6.92 Å². The maximum Gasteiger partial charge on any atom is 0.257 e. The summed E-state index contributed by atoms with van der Waals surface area (Å²) in [6.45, 7) is 1.98. The molecule has 2 heterocycles. The Kier molecular flexibility index (Phi) is 4.09. The molecule has 1 aliphatic rings. The number of aryl methyl sites for hydroxylation is 1. The summed E-state index contributed by atoms with van der Waals surface area (Å²) >= 11 is 1.34. The van der Waals surface area contributed by atoms with Gasteiger partial charge in [0.15, 0.2) is 10.9 Å². The molecule has 1 amide bonds. The van der Waals surface area contributed by atoms with E-state index in [0.717, 1.165) is 15.8 Å². The number of sulfone groups is 1. The number of ketones is 1. The molecule has 30 heavy (non-hydrogen) atoms. The number of aromatic nitrogens is 1. The lowest BCUT2D eigenvalue weighted by atomic mass is 10.0. The Bertz CT molecular complexity index is 1490. The lowest BCUT2D eigenvalue weighted by molar-refractivity contribution is 0.101. The van der Waals surface area contributed by atoms with Crippen LogP contribution in [-0.4, -0.2) is 25.1 Å². The maximum absolute atomic E-state index is 13.0. The predicted octanol–water partition coefficient (Wildman–Crippen LogP) is 4.23.